The summed E-state index contributed by atoms with van der Waals surface area (Å²) in [5.74, 6) is -1.43. The van der Waals surface area contributed by atoms with Gasteiger partial charge in [0.1, 0.15) is 0 Å². The van der Waals surface area contributed by atoms with Crippen molar-refractivity contribution in [3.63, 3.8) is 0 Å². The van der Waals surface area contributed by atoms with Gasteiger partial charge in [0.2, 0.25) is 0 Å². The van der Waals surface area contributed by atoms with Crippen LogP contribution in [0.2, 0.25) is 0 Å². The molecule has 20 heavy (non-hydrogen) atoms. The number of rotatable bonds is 6. The van der Waals surface area contributed by atoms with Crippen molar-refractivity contribution in [1.82, 2.24) is 5.32 Å². The summed E-state index contributed by atoms with van der Waals surface area (Å²) in [4.78, 5) is 22.7. The average Bonchev–Trinajstić information content (AvgIpc) is 2.32. The molecule has 6 heteroatoms. The van der Waals surface area contributed by atoms with Crippen LogP contribution in [0.1, 0.15) is 25.3 Å². The fraction of sp³-hybridized carbons (Fsp3) is 0.429. The van der Waals surface area contributed by atoms with Crippen LogP contribution in [0.4, 0.5) is 10.5 Å². The lowest BCUT2D eigenvalue weighted by molar-refractivity contribution is -0.141. The van der Waals surface area contributed by atoms with Crippen LogP contribution in [0.3, 0.4) is 0 Å². The molecule has 1 unspecified atom stereocenters. The van der Waals surface area contributed by atoms with E-state index in [9.17, 15) is 9.59 Å². The van der Waals surface area contributed by atoms with E-state index < -0.39 is 17.9 Å². The molecule has 1 aromatic carbocycles. The van der Waals surface area contributed by atoms with Crippen LogP contribution in [-0.4, -0.2) is 23.7 Å². The fourth-order valence-electron chi connectivity index (χ4n) is 1.86. The zero-order valence-electron chi connectivity index (χ0n) is 11.6. The van der Waals surface area contributed by atoms with Crippen LogP contribution in [0.15, 0.2) is 22.7 Å². The van der Waals surface area contributed by atoms with Crippen LogP contribution in [0, 0.1) is 12.8 Å². The number of carboxylic acid groups (broad SMARTS) is 1. The van der Waals surface area contributed by atoms with E-state index in [0.29, 0.717) is 12.1 Å². The smallest absolute Gasteiger partial charge is 0.319 e. The van der Waals surface area contributed by atoms with E-state index in [1.807, 2.05) is 26.0 Å². The van der Waals surface area contributed by atoms with Crippen molar-refractivity contribution in [2.75, 3.05) is 11.9 Å². The van der Waals surface area contributed by atoms with E-state index in [2.05, 4.69) is 26.6 Å². The molecule has 2 amide bonds. The highest BCUT2D eigenvalue weighted by molar-refractivity contribution is 9.10. The van der Waals surface area contributed by atoms with E-state index in [1.54, 1.807) is 6.07 Å². The quantitative estimate of drug-likeness (QED) is 0.741. The molecule has 1 aromatic rings. The molecule has 0 aliphatic heterocycles. The van der Waals surface area contributed by atoms with Gasteiger partial charge < -0.3 is 15.7 Å². The highest BCUT2D eigenvalue weighted by Gasteiger charge is 2.17. The molecule has 3 N–H and O–H groups in total. The Morgan fingerprint density at radius 3 is 2.60 bits per heavy atom. The topological polar surface area (TPSA) is 78.4 Å². The van der Waals surface area contributed by atoms with Gasteiger partial charge >= 0.3 is 12.0 Å². The van der Waals surface area contributed by atoms with Crippen molar-refractivity contribution in [3.05, 3.63) is 28.2 Å². The van der Waals surface area contributed by atoms with Crippen LogP contribution in [0.5, 0.6) is 0 Å². The van der Waals surface area contributed by atoms with Crippen molar-refractivity contribution in [2.45, 2.75) is 26.7 Å². The van der Waals surface area contributed by atoms with E-state index in [0.717, 1.165) is 16.5 Å². The zero-order valence-corrected chi connectivity index (χ0v) is 13.2. The zero-order chi connectivity index (χ0) is 15.1. The van der Waals surface area contributed by atoms with Gasteiger partial charge in [-0.05, 0) is 37.1 Å². The number of aliphatic carboxylic acids is 1. The van der Waals surface area contributed by atoms with Gasteiger partial charge in [-0.25, -0.2) is 4.79 Å². The lowest BCUT2D eigenvalue weighted by atomic mass is 10.0. The van der Waals surface area contributed by atoms with E-state index in [4.69, 9.17) is 5.11 Å². The molecule has 0 spiro atoms. The maximum Gasteiger partial charge on any atom is 0.319 e. The van der Waals surface area contributed by atoms with Crippen LogP contribution in [0.25, 0.3) is 0 Å². The van der Waals surface area contributed by atoms with Crippen LogP contribution in [-0.2, 0) is 4.79 Å². The number of urea groups is 1. The first-order chi connectivity index (χ1) is 9.42. The number of carbonyl (C=O) groups excluding carboxylic acids is 1. The summed E-state index contributed by atoms with van der Waals surface area (Å²) in [6, 6.07) is 5.16. The maximum atomic E-state index is 11.7. The molecule has 0 saturated carbocycles. The van der Waals surface area contributed by atoms with Gasteiger partial charge in [0, 0.05) is 16.7 Å². The molecular formula is C14H19BrN2O3. The molecule has 0 heterocycles. The third-order valence-corrected chi connectivity index (χ3v) is 3.25. The third kappa shape index (κ3) is 5.61. The minimum absolute atomic E-state index is 0.127. The Morgan fingerprint density at radius 1 is 1.35 bits per heavy atom. The largest absolute Gasteiger partial charge is 0.481 e. The van der Waals surface area contributed by atoms with Crippen LogP contribution >= 0.6 is 15.9 Å². The summed E-state index contributed by atoms with van der Waals surface area (Å²) in [7, 11) is 0. The minimum Gasteiger partial charge on any atom is -0.481 e. The Bertz CT molecular complexity index is 471. The number of hydrogen-bond donors (Lipinski definition) is 3. The first-order valence-corrected chi connectivity index (χ1v) is 7.26. The van der Waals surface area contributed by atoms with Gasteiger partial charge in [-0.15, -0.1) is 0 Å². The Labute approximate surface area is 126 Å². The second kappa shape index (κ2) is 7.89. The van der Waals surface area contributed by atoms with Crippen molar-refractivity contribution < 1.29 is 14.7 Å². The van der Waals surface area contributed by atoms with Crippen molar-refractivity contribution in [1.29, 1.82) is 0 Å². The SMILES string of the molecule is CCCC(CNC(=O)Nc1cc(C)cc(Br)c1)C(=O)O. The summed E-state index contributed by atoms with van der Waals surface area (Å²) < 4.78 is 0.877. The fourth-order valence-corrected chi connectivity index (χ4v) is 2.47. The average molecular weight is 343 g/mol. The number of amides is 2. The normalized spacial score (nSPS) is 11.8. The molecule has 0 bridgehead atoms. The first-order valence-electron chi connectivity index (χ1n) is 6.47. The number of hydrogen-bond acceptors (Lipinski definition) is 2. The Balaban J connectivity index is 2.52. The van der Waals surface area contributed by atoms with Gasteiger partial charge in [0.25, 0.3) is 0 Å². The predicted molar refractivity (Wildman–Crippen MR) is 81.9 cm³/mol. The number of benzene rings is 1. The van der Waals surface area contributed by atoms with Crippen molar-refractivity contribution >= 4 is 33.6 Å². The summed E-state index contributed by atoms with van der Waals surface area (Å²) in [6.07, 6.45) is 1.32. The van der Waals surface area contributed by atoms with Gasteiger partial charge in [-0.3, -0.25) is 4.79 Å². The number of nitrogens with one attached hydrogen (secondary N) is 2. The standard InChI is InChI=1S/C14H19BrN2O3/c1-3-4-10(13(18)19)8-16-14(20)17-12-6-9(2)5-11(15)7-12/h5-7,10H,3-4,8H2,1-2H3,(H,18,19)(H2,16,17,20). The second-order valence-electron chi connectivity index (χ2n) is 4.68. The molecule has 0 fully saturated rings. The lowest BCUT2D eigenvalue weighted by Gasteiger charge is -2.13. The van der Waals surface area contributed by atoms with Gasteiger partial charge in [-0.1, -0.05) is 29.3 Å². The van der Waals surface area contributed by atoms with Crippen LogP contribution < -0.4 is 10.6 Å². The number of carbonyl (C=O) groups is 2. The molecule has 0 aromatic heterocycles. The number of aryl methyl sites for hydroxylation is 1. The molecule has 1 rings (SSSR count). The molecule has 1 atom stereocenters. The van der Waals surface area contributed by atoms with E-state index in [-0.39, 0.29) is 6.54 Å². The summed E-state index contributed by atoms with van der Waals surface area (Å²) in [5.41, 5.74) is 1.68. The van der Waals surface area contributed by atoms with Gasteiger partial charge in [0.05, 0.1) is 5.92 Å². The molecule has 0 aliphatic rings. The highest BCUT2D eigenvalue weighted by atomic mass is 79.9. The number of halogens is 1. The molecule has 0 radical (unpaired) electrons. The van der Waals surface area contributed by atoms with Gasteiger partial charge in [-0.2, -0.15) is 0 Å². The molecule has 5 nitrogen and oxygen atoms in total. The first kappa shape index (κ1) is 16.5. The molecule has 0 saturated heterocycles. The summed E-state index contributed by atoms with van der Waals surface area (Å²) >= 11 is 3.36. The van der Waals surface area contributed by atoms with Crippen molar-refractivity contribution in [2.24, 2.45) is 5.92 Å². The molecule has 110 valence electrons. The molecule has 0 aliphatic carbocycles. The minimum atomic E-state index is -0.884. The predicted octanol–water partition coefficient (Wildman–Crippen LogP) is 3.38. The Kier molecular flexibility index (Phi) is 6.51. The third-order valence-electron chi connectivity index (χ3n) is 2.80. The van der Waals surface area contributed by atoms with E-state index in [1.165, 1.54) is 0 Å². The Hall–Kier alpha value is -1.56. The molecular weight excluding hydrogens is 324 g/mol. The number of carboxylic acids is 1. The summed E-state index contributed by atoms with van der Waals surface area (Å²) in [5, 5.41) is 14.3. The Morgan fingerprint density at radius 2 is 2.05 bits per heavy atom. The second-order valence-corrected chi connectivity index (χ2v) is 5.59. The highest BCUT2D eigenvalue weighted by Crippen LogP contribution is 2.18. The van der Waals surface area contributed by atoms with Gasteiger partial charge in [0.15, 0.2) is 0 Å². The lowest BCUT2D eigenvalue weighted by Crippen LogP contribution is -2.35. The summed E-state index contributed by atoms with van der Waals surface area (Å²) in [6.45, 7) is 3.97. The van der Waals surface area contributed by atoms with E-state index >= 15 is 0 Å². The van der Waals surface area contributed by atoms with Crippen molar-refractivity contribution in [3.8, 4) is 0 Å². The monoisotopic (exact) mass is 342 g/mol. The number of anilines is 1. The maximum absolute atomic E-state index is 11.7.